The Morgan fingerprint density at radius 2 is 1.55 bits per heavy atom. The standard InChI is InChI=1S/C9H20ClP/c1-8(2)11(9(3)4)7-5-6-10/h8-9H,5-7H2,1-4H3. The highest BCUT2D eigenvalue weighted by Crippen LogP contribution is 2.46. The third-order valence-corrected chi connectivity index (χ3v) is 5.63. The van der Waals surface area contributed by atoms with Gasteiger partial charge in [-0.1, -0.05) is 27.7 Å². The quantitative estimate of drug-likeness (QED) is 0.460. The molecule has 68 valence electrons. The predicted octanol–water partition coefficient (Wildman–Crippen LogP) is 3.91. The monoisotopic (exact) mass is 194 g/mol. The van der Waals surface area contributed by atoms with Gasteiger partial charge in [0.25, 0.3) is 0 Å². The summed E-state index contributed by atoms with van der Waals surface area (Å²) in [5.74, 6) is 0.832. The van der Waals surface area contributed by atoms with E-state index >= 15 is 0 Å². The lowest BCUT2D eigenvalue weighted by molar-refractivity contribution is 0.974. The summed E-state index contributed by atoms with van der Waals surface area (Å²) in [5, 5.41) is 0. The summed E-state index contributed by atoms with van der Waals surface area (Å²) in [6.45, 7) is 9.33. The van der Waals surface area contributed by atoms with E-state index in [4.69, 9.17) is 11.6 Å². The molecule has 0 radical (unpaired) electrons. The van der Waals surface area contributed by atoms with Crippen molar-refractivity contribution in [3.63, 3.8) is 0 Å². The van der Waals surface area contributed by atoms with E-state index in [1.807, 2.05) is 0 Å². The van der Waals surface area contributed by atoms with Crippen LogP contribution < -0.4 is 0 Å². The van der Waals surface area contributed by atoms with Crippen molar-refractivity contribution in [1.82, 2.24) is 0 Å². The zero-order chi connectivity index (χ0) is 8.85. The van der Waals surface area contributed by atoms with Crippen LogP contribution in [0, 0.1) is 0 Å². The molecule has 0 fully saturated rings. The number of hydrogen-bond donors (Lipinski definition) is 0. The summed E-state index contributed by atoms with van der Waals surface area (Å²) in [6.07, 6.45) is 2.55. The van der Waals surface area contributed by atoms with Gasteiger partial charge in [-0.2, -0.15) is 0 Å². The van der Waals surface area contributed by atoms with E-state index in [0.29, 0.717) is 0 Å². The Hall–Kier alpha value is 0.720. The summed E-state index contributed by atoms with van der Waals surface area (Å²) in [7, 11) is 0.231. The zero-order valence-corrected chi connectivity index (χ0v) is 9.75. The summed E-state index contributed by atoms with van der Waals surface area (Å²) in [5.41, 5.74) is 1.74. The number of alkyl halides is 1. The first-order valence-corrected chi connectivity index (χ1v) is 6.61. The molecule has 0 atom stereocenters. The molecule has 0 aliphatic rings. The van der Waals surface area contributed by atoms with Gasteiger partial charge < -0.3 is 0 Å². The van der Waals surface area contributed by atoms with Crippen LogP contribution >= 0.6 is 19.5 Å². The zero-order valence-electron chi connectivity index (χ0n) is 8.10. The second kappa shape index (κ2) is 6.26. The van der Waals surface area contributed by atoms with Crippen LogP contribution in [0.15, 0.2) is 0 Å². The maximum absolute atomic E-state index is 5.67. The topological polar surface area (TPSA) is 0 Å². The highest BCUT2D eigenvalue weighted by Gasteiger charge is 2.15. The van der Waals surface area contributed by atoms with Crippen LogP contribution in [-0.2, 0) is 0 Å². The SMILES string of the molecule is CC(C)P(CCCCl)C(C)C. The Bertz CT molecular complexity index is 83.6. The average molecular weight is 195 g/mol. The van der Waals surface area contributed by atoms with E-state index in [-0.39, 0.29) is 7.92 Å². The van der Waals surface area contributed by atoms with Gasteiger partial charge in [-0.05, 0) is 23.9 Å². The van der Waals surface area contributed by atoms with Crippen LogP contribution in [0.1, 0.15) is 34.1 Å². The first-order chi connectivity index (χ1) is 5.09. The minimum atomic E-state index is 0.231. The number of halogens is 1. The molecule has 0 aliphatic carbocycles. The fourth-order valence-electron chi connectivity index (χ4n) is 1.36. The van der Waals surface area contributed by atoms with Crippen molar-refractivity contribution in [1.29, 1.82) is 0 Å². The lowest BCUT2D eigenvalue weighted by Crippen LogP contribution is -2.06. The second-order valence-corrected chi connectivity index (χ2v) is 7.39. The van der Waals surface area contributed by atoms with E-state index in [1.54, 1.807) is 0 Å². The first-order valence-electron chi connectivity index (χ1n) is 4.41. The third kappa shape index (κ3) is 5.04. The molecule has 0 bridgehead atoms. The van der Waals surface area contributed by atoms with Crippen molar-refractivity contribution in [3.8, 4) is 0 Å². The van der Waals surface area contributed by atoms with E-state index in [9.17, 15) is 0 Å². The maximum atomic E-state index is 5.67. The summed E-state index contributed by atoms with van der Waals surface area (Å²) < 4.78 is 0. The van der Waals surface area contributed by atoms with E-state index in [0.717, 1.165) is 17.2 Å². The first kappa shape index (κ1) is 11.7. The molecular weight excluding hydrogens is 175 g/mol. The Kier molecular flexibility index (Phi) is 6.67. The summed E-state index contributed by atoms with van der Waals surface area (Å²) in [4.78, 5) is 0. The Morgan fingerprint density at radius 3 is 1.82 bits per heavy atom. The lowest BCUT2D eigenvalue weighted by atomic mass is 10.5. The van der Waals surface area contributed by atoms with Crippen molar-refractivity contribution in [2.75, 3.05) is 12.0 Å². The summed E-state index contributed by atoms with van der Waals surface area (Å²) in [6, 6.07) is 0. The molecule has 0 rings (SSSR count). The molecular formula is C9H20ClP. The van der Waals surface area contributed by atoms with Gasteiger partial charge in [-0.3, -0.25) is 0 Å². The van der Waals surface area contributed by atoms with Crippen molar-refractivity contribution >= 4 is 19.5 Å². The molecule has 2 heteroatoms. The smallest absolute Gasteiger partial charge is 0.0226 e. The van der Waals surface area contributed by atoms with Gasteiger partial charge in [0.05, 0.1) is 0 Å². The number of hydrogen-bond acceptors (Lipinski definition) is 0. The molecule has 0 N–H and O–H groups in total. The van der Waals surface area contributed by atoms with Crippen LogP contribution in [0.3, 0.4) is 0 Å². The summed E-state index contributed by atoms with van der Waals surface area (Å²) >= 11 is 5.67. The number of rotatable bonds is 5. The van der Waals surface area contributed by atoms with Gasteiger partial charge in [0, 0.05) is 5.88 Å². The minimum Gasteiger partial charge on any atom is -0.127 e. The van der Waals surface area contributed by atoms with Crippen molar-refractivity contribution < 1.29 is 0 Å². The van der Waals surface area contributed by atoms with Crippen LogP contribution in [-0.4, -0.2) is 23.4 Å². The largest absolute Gasteiger partial charge is 0.127 e. The highest BCUT2D eigenvalue weighted by atomic mass is 35.5. The fraction of sp³-hybridized carbons (Fsp3) is 1.00. The van der Waals surface area contributed by atoms with Gasteiger partial charge in [-0.15, -0.1) is 19.5 Å². The molecule has 11 heavy (non-hydrogen) atoms. The van der Waals surface area contributed by atoms with Gasteiger partial charge in [-0.25, -0.2) is 0 Å². The molecule has 0 aromatic rings. The van der Waals surface area contributed by atoms with Gasteiger partial charge in [0.1, 0.15) is 0 Å². The molecule has 0 saturated heterocycles. The molecule has 0 aliphatic heterocycles. The molecule has 0 aromatic heterocycles. The molecule has 0 unspecified atom stereocenters. The Morgan fingerprint density at radius 1 is 1.09 bits per heavy atom. The lowest BCUT2D eigenvalue weighted by Gasteiger charge is -2.25. The van der Waals surface area contributed by atoms with E-state index < -0.39 is 0 Å². The Balaban J connectivity index is 3.70. The molecule has 0 aromatic carbocycles. The van der Waals surface area contributed by atoms with Crippen LogP contribution in [0.4, 0.5) is 0 Å². The fourth-order valence-corrected chi connectivity index (χ4v) is 4.42. The van der Waals surface area contributed by atoms with E-state index in [1.165, 1.54) is 12.6 Å². The highest BCUT2D eigenvalue weighted by molar-refractivity contribution is 7.59. The minimum absolute atomic E-state index is 0.231. The van der Waals surface area contributed by atoms with Crippen LogP contribution in [0.5, 0.6) is 0 Å². The van der Waals surface area contributed by atoms with E-state index in [2.05, 4.69) is 27.7 Å². The molecule has 0 saturated carbocycles. The van der Waals surface area contributed by atoms with Crippen LogP contribution in [0.2, 0.25) is 0 Å². The second-order valence-electron chi connectivity index (χ2n) is 3.47. The third-order valence-electron chi connectivity index (χ3n) is 1.88. The van der Waals surface area contributed by atoms with Gasteiger partial charge in [0.2, 0.25) is 0 Å². The Labute approximate surface area is 77.5 Å². The molecule has 0 heterocycles. The van der Waals surface area contributed by atoms with Crippen molar-refractivity contribution in [2.45, 2.75) is 45.4 Å². The molecule has 0 amide bonds. The maximum Gasteiger partial charge on any atom is 0.0226 e. The normalized spacial score (nSPS) is 12.0. The molecule has 0 nitrogen and oxygen atoms in total. The van der Waals surface area contributed by atoms with Gasteiger partial charge in [0.15, 0.2) is 0 Å². The predicted molar refractivity (Wildman–Crippen MR) is 57.4 cm³/mol. The van der Waals surface area contributed by atoms with Crippen molar-refractivity contribution in [3.05, 3.63) is 0 Å². The van der Waals surface area contributed by atoms with Gasteiger partial charge >= 0.3 is 0 Å². The molecule has 0 spiro atoms. The van der Waals surface area contributed by atoms with Crippen LogP contribution in [0.25, 0.3) is 0 Å². The van der Waals surface area contributed by atoms with Crippen molar-refractivity contribution in [2.24, 2.45) is 0 Å². The average Bonchev–Trinajstić information content (AvgIpc) is 1.87.